The van der Waals surface area contributed by atoms with Gasteiger partial charge in [-0.15, -0.1) is 0 Å². The van der Waals surface area contributed by atoms with Crippen molar-refractivity contribution in [2.75, 3.05) is 20.2 Å². The molecule has 2 aromatic carbocycles. The molecule has 2 heteroatoms. The topological polar surface area (TPSA) is 21.3 Å². The normalized spacial score (nSPS) is 17.4. The van der Waals surface area contributed by atoms with E-state index in [1.165, 1.54) is 24.0 Å². The molecule has 0 unspecified atom stereocenters. The van der Waals surface area contributed by atoms with Crippen molar-refractivity contribution in [3.05, 3.63) is 65.7 Å². The molecule has 1 fully saturated rings. The monoisotopic (exact) mass is 281 g/mol. The van der Waals surface area contributed by atoms with Crippen molar-refractivity contribution in [1.82, 2.24) is 5.32 Å². The Bertz CT molecular complexity index is 561. The van der Waals surface area contributed by atoms with E-state index in [9.17, 15) is 0 Å². The van der Waals surface area contributed by atoms with Gasteiger partial charge in [-0.1, -0.05) is 42.5 Å². The van der Waals surface area contributed by atoms with E-state index in [1.54, 1.807) is 7.11 Å². The average molecular weight is 281 g/mol. The maximum atomic E-state index is 5.42. The third-order valence-electron chi connectivity index (χ3n) is 4.47. The number of hydrogen-bond donors (Lipinski definition) is 1. The van der Waals surface area contributed by atoms with E-state index >= 15 is 0 Å². The predicted molar refractivity (Wildman–Crippen MR) is 86.9 cm³/mol. The summed E-state index contributed by atoms with van der Waals surface area (Å²) in [6, 6.07) is 19.4. The molecule has 1 atom stereocenters. The average Bonchev–Trinajstić information content (AvgIpc) is 2.57. The molecule has 0 aliphatic carbocycles. The van der Waals surface area contributed by atoms with Crippen LogP contribution in [0.4, 0.5) is 0 Å². The number of benzene rings is 2. The highest BCUT2D eigenvalue weighted by molar-refractivity contribution is 5.38. The summed E-state index contributed by atoms with van der Waals surface area (Å²) < 4.78 is 5.42. The molecular formula is C19H23NO. The van der Waals surface area contributed by atoms with Crippen molar-refractivity contribution >= 4 is 0 Å². The smallest absolute Gasteiger partial charge is 0.119 e. The molecular weight excluding hydrogens is 258 g/mol. The maximum absolute atomic E-state index is 5.42. The highest BCUT2D eigenvalue weighted by Gasteiger charge is 2.26. The van der Waals surface area contributed by atoms with Gasteiger partial charge in [-0.25, -0.2) is 0 Å². The molecule has 0 saturated carbocycles. The molecule has 0 spiro atoms. The Hall–Kier alpha value is -1.80. The first-order valence-electron chi connectivity index (χ1n) is 7.78. The fourth-order valence-electron chi connectivity index (χ4n) is 3.41. The SMILES string of the molecule is COc1cccc([C@H](c2ccccc2)C2CCNCC2)c1. The molecule has 2 aromatic rings. The van der Waals surface area contributed by atoms with Crippen LogP contribution in [0.15, 0.2) is 54.6 Å². The van der Waals surface area contributed by atoms with Gasteiger partial charge in [0.15, 0.2) is 0 Å². The summed E-state index contributed by atoms with van der Waals surface area (Å²) in [4.78, 5) is 0. The lowest BCUT2D eigenvalue weighted by Crippen LogP contribution is -2.31. The number of methoxy groups -OCH3 is 1. The molecule has 110 valence electrons. The maximum Gasteiger partial charge on any atom is 0.119 e. The largest absolute Gasteiger partial charge is 0.497 e. The Morgan fingerprint density at radius 3 is 2.38 bits per heavy atom. The minimum atomic E-state index is 0.461. The van der Waals surface area contributed by atoms with Gasteiger partial charge in [0, 0.05) is 5.92 Å². The van der Waals surface area contributed by atoms with Crippen molar-refractivity contribution in [3.63, 3.8) is 0 Å². The van der Waals surface area contributed by atoms with E-state index in [-0.39, 0.29) is 0 Å². The van der Waals surface area contributed by atoms with Crippen molar-refractivity contribution < 1.29 is 4.74 Å². The van der Waals surface area contributed by atoms with Crippen LogP contribution in [0.2, 0.25) is 0 Å². The van der Waals surface area contributed by atoms with Gasteiger partial charge in [0.05, 0.1) is 7.11 Å². The van der Waals surface area contributed by atoms with E-state index in [4.69, 9.17) is 4.74 Å². The zero-order valence-electron chi connectivity index (χ0n) is 12.6. The van der Waals surface area contributed by atoms with Crippen LogP contribution in [0, 0.1) is 5.92 Å². The zero-order valence-corrected chi connectivity index (χ0v) is 12.6. The minimum Gasteiger partial charge on any atom is -0.497 e. The summed E-state index contributed by atoms with van der Waals surface area (Å²) in [6.45, 7) is 2.25. The zero-order chi connectivity index (χ0) is 14.5. The number of rotatable bonds is 4. The number of ether oxygens (including phenoxy) is 1. The molecule has 1 heterocycles. The van der Waals surface area contributed by atoms with Gasteiger partial charge in [0.1, 0.15) is 5.75 Å². The minimum absolute atomic E-state index is 0.461. The summed E-state index contributed by atoms with van der Waals surface area (Å²) in [5.41, 5.74) is 2.78. The Kier molecular flexibility index (Phi) is 4.56. The lowest BCUT2D eigenvalue weighted by molar-refractivity contribution is 0.341. The summed E-state index contributed by atoms with van der Waals surface area (Å²) in [6.07, 6.45) is 2.47. The lowest BCUT2D eigenvalue weighted by Gasteiger charge is -2.31. The second kappa shape index (κ2) is 6.77. The van der Waals surface area contributed by atoms with Crippen LogP contribution in [0.5, 0.6) is 5.75 Å². The van der Waals surface area contributed by atoms with Crippen molar-refractivity contribution in [1.29, 1.82) is 0 Å². The molecule has 1 N–H and O–H groups in total. The van der Waals surface area contributed by atoms with Crippen LogP contribution in [-0.2, 0) is 0 Å². The summed E-state index contributed by atoms with van der Waals surface area (Å²) in [5.74, 6) is 2.10. The quantitative estimate of drug-likeness (QED) is 0.919. The van der Waals surface area contributed by atoms with E-state index in [1.807, 2.05) is 6.07 Å². The second-order valence-electron chi connectivity index (χ2n) is 5.75. The molecule has 3 rings (SSSR count). The van der Waals surface area contributed by atoms with Gasteiger partial charge < -0.3 is 10.1 Å². The van der Waals surface area contributed by atoms with Crippen LogP contribution < -0.4 is 10.1 Å². The van der Waals surface area contributed by atoms with E-state index in [2.05, 4.69) is 53.8 Å². The second-order valence-corrected chi connectivity index (χ2v) is 5.75. The third-order valence-corrected chi connectivity index (χ3v) is 4.47. The fraction of sp³-hybridized carbons (Fsp3) is 0.368. The Morgan fingerprint density at radius 1 is 0.952 bits per heavy atom. The van der Waals surface area contributed by atoms with Gasteiger partial charge in [-0.3, -0.25) is 0 Å². The molecule has 2 nitrogen and oxygen atoms in total. The highest BCUT2D eigenvalue weighted by Crippen LogP contribution is 2.37. The molecule has 21 heavy (non-hydrogen) atoms. The molecule has 0 amide bonds. The Balaban J connectivity index is 1.98. The number of piperidine rings is 1. The number of nitrogens with one attached hydrogen (secondary N) is 1. The molecule has 1 saturated heterocycles. The van der Waals surface area contributed by atoms with Gasteiger partial charge in [0.2, 0.25) is 0 Å². The van der Waals surface area contributed by atoms with Crippen LogP contribution in [0.25, 0.3) is 0 Å². The van der Waals surface area contributed by atoms with Crippen molar-refractivity contribution in [2.24, 2.45) is 5.92 Å². The predicted octanol–water partition coefficient (Wildman–Crippen LogP) is 3.83. The van der Waals surface area contributed by atoms with Crippen LogP contribution in [0.1, 0.15) is 29.9 Å². The standard InChI is InChI=1S/C19H23NO/c1-21-18-9-5-8-17(14-18)19(15-6-3-2-4-7-15)16-10-12-20-13-11-16/h2-9,14,16,19-20H,10-13H2,1H3/t19-/m1/s1. The van der Waals surface area contributed by atoms with Crippen LogP contribution in [0.3, 0.4) is 0 Å². The van der Waals surface area contributed by atoms with Gasteiger partial charge in [-0.2, -0.15) is 0 Å². The first kappa shape index (κ1) is 14.2. The lowest BCUT2D eigenvalue weighted by atomic mass is 9.76. The number of hydrogen-bond acceptors (Lipinski definition) is 2. The first-order chi connectivity index (χ1) is 10.4. The van der Waals surface area contributed by atoms with E-state index in [0.717, 1.165) is 18.8 Å². The molecule has 1 aliphatic rings. The first-order valence-corrected chi connectivity index (χ1v) is 7.78. The molecule has 0 aromatic heterocycles. The van der Waals surface area contributed by atoms with E-state index < -0.39 is 0 Å². The van der Waals surface area contributed by atoms with Gasteiger partial charge in [-0.05, 0) is 55.1 Å². The third kappa shape index (κ3) is 3.27. The highest BCUT2D eigenvalue weighted by atomic mass is 16.5. The summed E-state index contributed by atoms with van der Waals surface area (Å²) in [5, 5.41) is 3.47. The van der Waals surface area contributed by atoms with Crippen molar-refractivity contribution in [2.45, 2.75) is 18.8 Å². The molecule has 0 radical (unpaired) electrons. The van der Waals surface area contributed by atoms with Crippen molar-refractivity contribution in [3.8, 4) is 5.75 Å². The van der Waals surface area contributed by atoms with Crippen LogP contribution in [-0.4, -0.2) is 20.2 Å². The molecule has 0 bridgehead atoms. The van der Waals surface area contributed by atoms with Gasteiger partial charge >= 0.3 is 0 Å². The fourth-order valence-corrected chi connectivity index (χ4v) is 3.41. The Labute approximate surface area is 127 Å². The Morgan fingerprint density at radius 2 is 1.67 bits per heavy atom. The van der Waals surface area contributed by atoms with E-state index in [0.29, 0.717) is 11.8 Å². The summed E-state index contributed by atoms with van der Waals surface area (Å²) >= 11 is 0. The van der Waals surface area contributed by atoms with Gasteiger partial charge in [0.25, 0.3) is 0 Å². The molecule has 1 aliphatic heterocycles. The van der Waals surface area contributed by atoms with Crippen LogP contribution >= 0.6 is 0 Å². The summed E-state index contributed by atoms with van der Waals surface area (Å²) in [7, 11) is 1.74.